The molecule has 0 aliphatic carbocycles. The third kappa shape index (κ3) is 4.11. The van der Waals surface area contributed by atoms with E-state index in [1.165, 1.54) is 55.5 Å². The first kappa shape index (κ1) is 21.6. The summed E-state index contributed by atoms with van der Waals surface area (Å²) in [5.74, 6) is -4.17. The molecule has 3 rings (SSSR count). The molecule has 1 amide bonds. The fraction of sp³-hybridized carbons (Fsp3) is 0.182. The molecule has 0 spiro atoms. The highest BCUT2D eigenvalue weighted by Crippen LogP contribution is 2.35. The summed E-state index contributed by atoms with van der Waals surface area (Å²) in [5.41, 5.74) is -1.41. The number of carbonyl (C=O) groups is 4. The molecule has 0 saturated heterocycles. The van der Waals surface area contributed by atoms with Crippen LogP contribution < -0.4 is 20.4 Å². The second-order valence-electron chi connectivity index (χ2n) is 6.90. The number of esters is 1. The molecule has 0 radical (unpaired) electrons. The predicted octanol–water partition coefficient (Wildman–Crippen LogP) is 0.0780. The summed E-state index contributed by atoms with van der Waals surface area (Å²) in [6.07, 6.45) is 1.35. The zero-order valence-electron chi connectivity index (χ0n) is 16.7. The van der Waals surface area contributed by atoms with Gasteiger partial charge in [-0.15, -0.1) is 0 Å². The van der Waals surface area contributed by atoms with E-state index < -0.39 is 29.4 Å². The lowest BCUT2D eigenvalue weighted by Crippen LogP contribution is -2.51. The SMILES string of the molecule is CCOC(=O)[C@@]1(C)C=C(Nc2cccc(C(=O)[O-])c2)C(=O)N1c1cccc(C(=O)[O-])c1. The van der Waals surface area contributed by atoms with E-state index in [9.17, 15) is 29.4 Å². The molecule has 0 fully saturated rings. The number of aromatic carboxylic acids is 2. The molecule has 1 aliphatic rings. The lowest BCUT2D eigenvalue weighted by atomic mass is 10.0. The number of amides is 1. The van der Waals surface area contributed by atoms with Crippen LogP contribution in [0.4, 0.5) is 11.4 Å². The number of hydrogen-bond acceptors (Lipinski definition) is 8. The van der Waals surface area contributed by atoms with Gasteiger partial charge < -0.3 is 29.9 Å². The highest BCUT2D eigenvalue weighted by atomic mass is 16.5. The predicted molar refractivity (Wildman–Crippen MR) is 106 cm³/mol. The number of hydrogen-bond donors (Lipinski definition) is 1. The van der Waals surface area contributed by atoms with E-state index in [-0.39, 0.29) is 34.8 Å². The smallest absolute Gasteiger partial charge is 0.336 e. The number of nitrogens with zero attached hydrogens (tertiary/aromatic N) is 1. The fourth-order valence-electron chi connectivity index (χ4n) is 3.29. The van der Waals surface area contributed by atoms with Crippen LogP contribution in [0.5, 0.6) is 0 Å². The van der Waals surface area contributed by atoms with Gasteiger partial charge in [-0.3, -0.25) is 9.69 Å². The number of carboxylic acid groups (broad SMARTS) is 2. The fourth-order valence-corrected chi connectivity index (χ4v) is 3.29. The van der Waals surface area contributed by atoms with Gasteiger partial charge in [0, 0.05) is 11.4 Å². The van der Waals surface area contributed by atoms with Crippen molar-refractivity contribution in [2.45, 2.75) is 19.4 Å². The average molecular weight is 422 g/mol. The maximum absolute atomic E-state index is 13.2. The maximum atomic E-state index is 13.2. The van der Waals surface area contributed by atoms with Gasteiger partial charge in [0.15, 0.2) is 5.54 Å². The molecule has 0 aromatic heterocycles. The van der Waals surface area contributed by atoms with Crippen LogP contribution in [0.2, 0.25) is 0 Å². The Morgan fingerprint density at radius 3 is 2.26 bits per heavy atom. The van der Waals surface area contributed by atoms with E-state index in [2.05, 4.69) is 5.32 Å². The van der Waals surface area contributed by atoms with Crippen molar-refractivity contribution in [3.05, 3.63) is 71.4 Å². The van der Waals surface area contributed by atoms with Crippen LogP contribution in [0, 0.1) is 0 Å². The Balaban J connectivity index is 2.04. The Labute approximate surface area is 177 Å². The van der Waals surface area contributed by atoms with Crippen molar-refractivity contribution in [1.29, 1.82) is 0 Å². The van der Waals surface area contributed by atoms with Gasteiger partial charge >= 0.3 is 5.97 Å². The normalized spacial score (nSPS) is 17.8. The third-order valence-electron chi connectivity index (χ3n) is 4.73. The molecule has 1 aliphatic heterocycles. The largest absolute Gasteiger partial charge is 0.545 e. The highest BCUT2D eigenvalue weighted by Gasteiger charge is 2.49. The van der Waals surface area contributed by atoms with E-state index in [1.54, 1.807) is 13.0 Å². The van der Waals surface area contributed by atoms with E-state index in [1.807, 2.05) is 0 Å². The quantitative estimate of drug-likeness (QED) is 0.619. The van der Waals surface area contributed by atoms with Crippen molar-refractivity contribution in [2.24, 2.45) is 0 Å². The van der Waals surface area contributed by atoms with Gasteiger partial charge in [-0.2, -0.15) is 0 Å². The summed E-state index contributed by atoms with van der Waals surface area (Å²) in [4.78, 5) is 49.5. The van der Waals surface area contributed by atoms with Gasteiger partial charge in [-0.1, -0.05) is 24.3 Å². The lowest BCUT2D eigenvalue weighted by Gasteiger charge is -2.32. The van der Waals surface area contributed by atoms with Crippen molar-refractivity contribution in [2.75, 3.05) is 16.8 Å². The van der Waals surface area contributed by atoms with Crippen LogP contribution in [-0.4, -0.2) is 36.0 Å². The van der Waals surface area contributed by atoms with Gasteiger partial charge in [-0.25, -0.2) is 4.79 Å². The van der Waals surface area contributed by atoms with Crippen molar-refractivity contribution in [3.63, 3.8) is 0 Å². The average Bonchev–Trinajstić information content (AvgIpc) is 2.99. The number of carbonyl (C=O) groups excluding carboxylic acids is 4. The first-order valence-electron chi connectivity index (χ1n) is 9.32. The number of carboxylic acids is 2. The van der Waals surface area contributed by atoms with Crippen LogP contribution in [0.1, 0.15) is 34.6 Å². The zero-order chi connectivity index (χ0) is 22.8. The van der Waals surface area contributed by atoms with Crippen molar-refractivity contribution in [3.8, 4) is 0 Å². The standard InChI is InChI=1S/C22H20N2O7/c1-3-31-21(30)22(2)12-17(23-15-8-4-6-13(10-15)19(26)27)18(25)24(22)16-9-5-7-14(11-16)20(28)29/h4-12,23H,3H2,1-2H3,(H,26,27)(H,28,29)/p-2/t22-/m1/s1. The molecule has 160 valence electrons. The second-order valence-corrected chi connectivity index (χ2v) is 6.90. The van der Waals surface area contributed by atoms with Crippen LogP contribution >= 0.6 is 0 Å². The Morgan fingerprint density at radius 1 is 1.03 bits per heavy atom. The molecule has 31 heavy (non-hydrogen) atoms. The van der Waals surface area contributed by atoms with Crippen molar-refractivity contribution >= 4 is 35.2 Å². The maximum Gasteiger partial charge on any atom is 0.336 e. The topological polar surface area (TPSA) is 139 Å². The second kappa shape index (κ2) is 8.31. The summed E-state index contributed by atoms with van der Waals surface area (Å²) in [5, 5.41) is 25.2. The van der Waals surface area contributed by atoms with E-state index in [0.717, 1.165) is 4.90 Å². The Morgan fingerprint density at radius 2 is 1.65 bits per heavy atom. The van der Waals surface area contributed by atoms with Gasteiger partial charge in [0.05, 0.1) is 18.5 Å². The highest BCUT2D eigenvalue weighted by molar-refractivity contribution is 6.17. The van der Waals surface area contributed by atoms with Crippen molar-refractivity contribution in [1.82, 2.24) is 0 Å². The number of rotatable bonds is 7. The zero-order valence-corrected chi connectivity index (χ0v) is 16.7. The molecule has 9 heteroatoms. The van der Waals surface area contributed by atoms with E-state index in [4.69, 9.17) is 4.74 Å². The van der Waals surface area contributed by atoms with Gasteiger partial charge in [0.1, 0.15) is 5.70 Å². The number of ether oxygens (including phenoxy) is 1. The molecule has 1 atom stereocenters. The molecular formula is C22H18N2O7-2. The number of benzene rings is 2. The van der Waals surface area contributed by atoms with Crippen LogP contribution in [0.3, 0.4) is 0 Å². The number of anilines is 2. The molecule has 0 saturated carbocycles. The molecule has 2 aromatic carbocycles. The first-order chi connectivity index (χ1) is 14.7. The van der Waals surface area contributed by atoms with Crippen LogP contribution in [0.15, 0.2) is 60.3 Å². The van der Waals surface area contributed by atoms with Crippen LogP contribution in [0.25, 0.3) is 0 Å². The summed E-state index contributed by atoms with van der Waals surface area (Å²) >= 11 is 0. The Bertz CT molecular complexity index is 1110. The monoisotopic (exact) mass is 422 g/mol. The third-order valence-corrected chi connectivity index (χ3v) is 4.73. The summed E-state index contributed by atoms with van der Waals surface area (Å²) in [6.45, 7) is 3.15. The molecule has 0 bridgehead atoms. The van der Waals surface area contributed by atoms with Gasteiger partial charge in [0.2, 0.25) is 0 Å². The molecule has 1 N–H and O–H groups in total. The van der Waals surface area contributed by atoms with Gasteiger partial charge in [-0.05, 0) is 55.3 Å². The van der Waals surface area contributed by atoms with Gasteiger partial charge in [0.25, 0.3) is 5.91 Å². The van der Waals surface area contributed by atoms with E-state index >= 15 is 0 Å². The minimum atomic E-state index is -1.58. The minimum absolute atomic E-state index is 0.00935. The van der Waals surface area contributed by atoms with Crippen molar-refractivity contribution < 1.29 is 34.1 Å². The minimum Gasteiger partial charge on any atom is -0.545 e. The molecular weight excluding hydrogens is 404 g/mol. The summed E-state index contributed by atoms with van der Waals surface area (Å²) in [7, 11) is 0. The van der Waals surface area contributed by atoms with E-state index in [0.29, 0.717) is 0 Å². The molecule has 2 aromatic rings. The summed E-state index contributed by atoms with van der Waals surface area (Å²) in [6, 6.07) is 11.1. The summed E-state index contributed by atoms with van der Waals surface area (Å²) < 4.78 is 5.14. The molecule has 9 nitrogen and oxygen atoms in total. The molecule has 1 heterocycles. The lowest BCUT2D eigenvalue weighted by molar-refractivity contribution is -0.256. The Hall–Kier alpha value is -4.14. The Kier molecular flexibility index (Phi) is 5.78. The number of nitrogens with one attached hydrogen (secondary N) is 1. The van der Waals surface area contributed by atoms with Crippen LogP contribution in [-0.2, 0) is 14.3 Å². The molecule has 0 unspecified atom stereocenters. The first-order valence-corrected chi connectivity index (χ1v) is 9.32.